The van der Waals surface area contributed by atoms with Crippen LogP contribution in [0.25, 0.3) is 0 Å². The fourth-order valence-electron chi connectivity index (χ4n) is 2.93. The van der Waals surface area contributed by atoms with Gasteiger partial charge in [0.05, 0.1) is 6.54 Å². The van der Waals surface area contributed by atoms with Crippen LogP contribution in [0, 0.1) is 0 Å². The summed E-state index contributed by atoms with van der Waals surface area (Å²) in [6, 6.07) is 26.7. The first-order chi connectivity index (χ1) is 14.4. The Balaban J connectivity index is 1.71. The standard InChI is InChI=1S/C23H22N2O4S/c26-22(24-20-12-6-2-7-13-20)17-30(28,29)18-23(27)25(21-14-8-3-9-15-21)16-19-10-4-1-5-11-19/h1-15H,16-18H2,(H,24,26). The molecule has 0 atom stereocenters. The van der Waals surface area contributed by atoms with Crippen LogP contribution in [-0.4, -0.2) is 31.7 Å². The smallest absolute Gasteiger partial charge is 0.242 e. The van der Waals surface area contributed by atoms with Gasteiger partial charge in [-0.3, -0.25) is 9.59 Å². The summed E-state index contributed by atoms with van der Waals surface area (Å²) in [5.74, 6) is -2.78. The highest BCUT2D eigenvalue weighted by Crippen LogP contribution is 2.18. The van der Waals surface area contributed by atoms with Gasteiger partial charge in [-0.15, -0.1) is 0 Å². The van der Waals surface area contributed by atoms with E-state index >= 15 is 0 Å². The van der Waals surface area contributed by atoms with Crippen molar-refractivity contribution >= 4 is 33.0 Å². The van der Waals surface area contributed by atoms with Crippen LogP contribution in [0.3, 0.4) is 0 Å². The zero-order valence-electron chi connectivity index (χ0n) is 16.3. The molecule has 0 aromatic heterocycles. The van der Waals surface area contributed by atoms with Crippen molar-refractivity contribution in [3.8, 4) is 0 Å². The third-order valence-electron chi connectivity index (χ3n) is 4.30. The average Bonchev–Trinajstić information content (AvgIpc) is 2.73. The molecule has 0 spiro atoms. The number of hydrogen-bond donors (Lipinski definition) is 1. The summed E-state index contributed by atoms with van der Waals surface area (Å²) in [5.41, 5.74) is 1.96. The third-order valence-corrected chi connectivity index (χ3v) is 5.69. The lowest BCUT2D eigenvalue weighted by Crippen LogP contribution is -2.37. The van der Waals surface area contributed by atoms with Crippen molar-refractivity contribution in [2.24, 2.45) is 0 Å². The van der Waals surface area contributed by atoms with Crippen molar-refractivity contribution in [3.05, 3.63) is 96.6 Å². The Labute approximate surface area is 176 Å². The summed E-state index contributed by atoms with van der Waals surface area (Å²) in [6.45, 7) is 0.232. The molecule has 3 aromatic carbocycles. The molecule has 7 heteroatoms. The molecular weight excluding hydrogens is 400 g/mol. The highest BCUT2D eigenvalue weighted by molar-refractivity contribution is 7.92. The molecule has 0 saturated heterocycles. The number of carbonyl (C=O) groups is 2. The molecule has 6 nitrogen and oxygen atoms in total. The van der Waals surface area contributed by atoms with Gasteiger partial charge in [-0.2, -0.15) is 0 Å². The number of carbonyl (C=O) groups excluding carboxylic acids is 2. The first-order valence-electron chi connectivity index (χ1n) is 9.38. The molecular formula is C23H22N2O4S. The van der Waals surface area contributed by atoms with E-state index in [-0.39, 0.29) is 6.54 Å². The Morgan fingerprint density at radius 3 is 1.87 bits per heavy atom. The first-order valence-corrected chi connectivity index (χ1v) is 11.2. The van der Waals surface area contributed by atoms with Crippen LogP contribution in [0.4, 0.5) is 11.4 Å². The zero-order valence-corrected chi connectivity index (χ0v) is 17.1. The maximum Gasteiger partial charge on any atom is 0.242 e. The summed E-state index contributed by atoms with van der Waals surface area (Å²) in [5, 5.41) is 2.53. The van der Waals surface area contributed by atoms with Crippen LogP contribution >= 0.6 is 0 Å². The van der Waals surface area contributed by atoms with Crippen molar-refractivity contribution in [2.45, 2.75) is 6.54 Å². The highest BCUT2D eigenvalue weighted by atomic mass is 32.2. The van der Waals surface area contributed by atoms with Gasteiger partial charge in [0.15, 0.2) is 9.84 Å². The molecule has 0 fully saturated rings. The lowest BCUT2D eigenvalue weighted by atomic mass is 10.2. The van der Waals surface area contributed by atoms with Gasteiger partial charge < -0.3 is 10.2 Å². The molecule has 3 aromatic rings. The van der Waals surface area contributed by atoms with E-state index in [2.05, 4.69) is 5.32 Å². The first kappa shape index (κ1) is 21.3. The van der Waals surface area contributed by atoms with Gasteiger partial charge >= 0.3 is 0 Å². The van der Waals surface area contributed by atoms with Crippen LogP contribution in [0.1, 0.15) is 5.56 Å². The van der Waals surface area contributed by atoms with Gasteiger partial charge in [-0.05, 0) is 29.8 Å². The summed E-state index contributed by atoms with van der Waals surface area (Å²) < 4.78 is 25.0. The summed E-state index contributed by atoms with van der Waals surface area (Å²) in [7, 11) is -3.95. The monoisotopic (exact) mass is 422 g/mol. The van der Waals surface area contributed by atoms with Crippen LogP contribution < -0.4 is 10.2 Å². The van der Waals surface area contributed by atoms with Gasteiger partial charge in [-0.1, -0.05) is 66.7 Å². The minimum absolute atomic E-state index is 0.232. The summed E-state index contributed by atoms with van der Waals surface area (Å²) in [6.07, 6.45) is 0. The van der Waals surface area contributed by atoms with E-state index in [9.17, 15) is 18.0 Å². The SMILES string of the molecule is O=C(CS(=O)(=O)CC(=O)N(Cc1ccccc1)c1ccccc1)Nc1ccccc1. The molecule has 1 N–H and O–H groups in total. The number of benzene rings is 3. The van der Waals surface area contributed by atoms with E-state index < -0.39 is 33.2 Å². The predicted molar refractivity (Wildman–Crippen MR) is 118 cm³/mol. The summed E-state index contributed by atoms with van der Waals surface area (Å²) >= 11 is 0. The quantitative estimate of drug-likeness (QED) is 0.604. The van der Waals surface area contributed by atoms with Gasteiger partial charge in [0, 0.05) is 11.4 Å². The van der Waals surface area contributed by atoms with Crippen molar-refractivity contribution in [1.29, 1.82) is 0 Å². The van der Waals surface area contributed by atoms with E-state index in [4.69, 9.17) is 0 Å². The third kappa shape index (κ3) is 6.28. The molecule has 0 aliphatic carbocycles. The fraction of sp³-hybridized carbons (Fsp3) is 0.130. The Morgan fingerprint density at radius 2 is 1.27 bits per heavy atom. The fourth-order valence-corrected chi connectivity index (χ4v) is 4.04. The molecule has 0 aliphatic rings. The number of nitrogens with one attached hydrogen (secondary N) is 1. The number of para-hydroxylation sites is 2. The molecule has 0 saturated carbocycles. The molecule has 0 aliphatic heterocycles. The minimum Gasteiger partial charge on any atom is -0.325 e. The second kappa shape index (κ2) is 9.84. The Hall–Kier alpha value is -3.45. The second-order valence-electron chi connectivity index (χ2n) is 6.75. The predicted octanol–water partition coefficient (Wildman–Crippen LogP) is 3.27. The van der Waals surface area contributed by atoms with Gasteiger partial charge in [0.1, 0.15) is 11.5 Å². The Bertz CT molecular complexity index is 1090. The molecule has 0 unspecified atom stereocenters. The van der Waals surface area contributed by atoms with E-state index in [1.165, 1.54) is 4.90 Å². The number of rotatable bonds is 8. The van der Waals surface area contributed by atoms with Crippen molar-refractivity contribution in [1.82, 2.24) is 0 Å². The number of nitrogens with zero attached hydrogens (tertiary/aromatic N) is 1. The van der Waals surface area contributed by atoms with Gasteiger partial charge in [0.25, 0.3) is 0 Å². The number of sulfone groups is 1. The molecule has 3 rings (SSSR count). The van der Waals surface area contributed by atoms with Crippen molar-refractivity contribution in [3.63, 3.8) is 0 Å². The van der Waals surface area contributed by atoms with E-state index in [1.54, 1.807) is 54.6 Å². The topological polar surface area (TPSA) is 83.5 Å². The number of anilines is 2. The lowest BCUT2D eigenvalue weighted by molar-refractivity contribution is -0.116. The molecule has 0 bridgehead atoms. The second-order valence-corrected chi connectivity index (χ2v) is 8.81. The highest BCUT2D eigenvalue weighted by Gasteiger charge is 2.25. The molecule has 0 heterocycles. The Kier molecular flexibility index (Phi) is 6.98. The number of hydrogen-bond acceptors (Lipinski definition) is 4. The van der Waals surface area contributed by atoms with Gasteiger partial charge in [-0.25, -0.2) is 8.42 Å². The average molecular weight is 423 g/mol. The van der Waals surface area contributed by atoms with E-state index in [0.29, 0.717) is 11.4 Å². The maximum atomic E-state index is 12.9. The zero-order chi connectivity index (χ0) is 21.4. The van der Waals surface area contributed by atoms with E-state index in [0.717, 1.165) is 5.56 Å². The van der Waals surface area contributed by atoms with Gasteiger partial charge in [0.2, 0.25) is 11.8 Å². The number of amides is 2. The largest absolute Gasteiger partial charge is 0.325 e. The molecule has 2 amide bonds. The van der Waals surface area contributed by atoms with Crippen LogP contribution in [-0.2, 0) is 26.0 Å². The van der Waals surface area contributed by atoms with Crippen molar-refractivity contribution < 1.29 is 18.0 Å². The molecule has 154 valence electrons. The maximum absolute atomic E-state index is 12.9. The summed E-state index contributed by atoms with van der Waals surface area (Å²) in [4.78, 5) is 26.5. The Morgan fingerprint density at radius 1 is 0.733 bits per heavy atom. The normalized spacial score (nSPS) is 10.9. The minimum atomic E-state index is -3.95. The van der Waals surface area contributed by atoms with Crippen molar-refractivity contribution in [2.75, 3.05) is 21.7 Å². The molecule has 0 radical (unpaired) electrons. The lowest BCUT2D eigenvalue weighted by Gasteiger charge is -2.23. The van der Waals surface area contributed by atoms with Crippen LogP contribution in [0.15, 0.2) is 91.0 Å². The van der Waals surface area contributed by atoms with E-state index in [1.807, 2.05) is 36.4 Å². The van der Waals surface area contributed by atoms with Crippen LogP contribution in [0.2, 0.25) is 0 Å². The van der Waals surface area contributed by atoms with Crippen LogP contribution in [0.5, 0.6) is 0 Å². The molecule has 30 heavy (non-hydrogen) atoms.